The van der Waals surface area contributed by atoms with E-state index in [1.165, 1.54) is 12.8 Å². The number of halogens is 2. The Balaban J connectivity index is 1.52. The molecule has 1 amide bonds. The maximum absolute atomic E-state index is 13.4. The molecule has 7 heteroatoms. The van der Waals surface area contributed by atoms with E-state index in [1.54, 1.807) is 12.1 Å². The average Bonchev–Trinajstić information content (AvgIpc) is 3.42. The van der Waals surface area contributed by atoms with E-state index in [9.17, 15) is 4.79 Å². The Morgan fingerprint density at radius 1 is 0.944 bits per heavy atom. The maximum atomic E-state index is 13.4. The summed E-state index contributed by atoms with van der Waals surface area (Å²) in [5.41, 5.74) is 4.73. The Morgan fingerprint density at radius 3 is 2.14 bits per heavy atom. The van der Waals surface area contributed by atoms with Crippen LogP contribution in [0.15, 0.2) is 66.7 Å². The molecule has 0 radical (unpaired) electrons. The Bertz CT molecular complexity index is 1230. The molecule has 1 unspecified atom stereocenters. The van der Waals surface area contributed by atoms with Crippen molar-refractivity contribution in [1.82, 2.24) is 9.80 Å². The van der Waals surface area contributed by atoms with Crippen LogP contribution in [-0.4, -0.2) is 56.0 Å². The van der Waals surface area contributed by atoms with Crippen LogP contribution in [0, 0.1) is 11.3 Å². The van der Waals surface area contributed by atoms with Crippen molar-refractivity contribution in [2.45, 2.75) is 18.9 Å². The molecular weight excluding hydrogens is 491 g/mol. The third-order valence-electron chi connectivity index (χ3n) is 6.85. The number of hydrogen-bond donors (Lipinski definition) is 0. The van der Waals surface area contributed by atoms with Gasteiger partial charge in [-0.3, -0.25) is 4.79 Å². The van der Waals surface area contributed by atoms with Gasteiger partial charge in [0.1, 0.15) is 0 Å². The zero-order valence-electron chi connectivity index (χ0n) is 20.6. The fourth-order valence-electron chi connectivity index (χ4n) is 4.60. The minimum atomic E-state index is -0.0622. The third-order valence-corrected chi connectivity index (χ3v) is 7.59. The molecule has 0 N–H and O–H groups in total. The van der Waals surface area contributed by atoms with E-state index in [-0.39, 0.29) is 18.5 Å². The van der Waals surface area contributed by atoms with Crippen molar-refractivity contribution in [2.24, 2.45) is 0 Å². The van der Waals surface area contributed by atoms with Gasteiger partial charge in [-0.25, -0.2) is 0 Å². The normalized spacial score (nSPS) is 14.3. The summed E-state index contributed by atoms with van der Waals surface area (Å²) in [5, 5.41) is 10.0. The van der Waals surface area contributed by atoms with Crippen LogP contribution < -0.4 is 4.90 Å². The smallest absolute Gasteiger partial charge is 0.242 e. The number of rotatable bonds is 8. The summed E-state index contributed by atoms with van der Waals surface area (Å²) in [7, 11) is 3.77. The highest BCUT2D eigenvalue weighted by molar-refractivity contribution is 6.42. The molecule has 5 nitrogen and oxygen atoms in total. The molecule has 1 heterocycles. The lowest BCUT2D eigenvalue weighted by atomic mass is 9.99. The molecule has 36 heavy (non-hydrogen) atoms. The summed E-state index contributed by atoms with van der Waals surface area (Å²) in [6, 6.07) is 23.5. The second-order valence-electron chi connectivity index (χ2n) is 9.29. The monoisotopic (exact) mass is 520 g/mol. The van der Waals surface area contributed by atoms with Crippen LogP contribution in [0.2, 0.25) is 10.0 Å². The Labute approximate surface area is 223 Å². The van der Waals surface area contributed by atoms with Gasteiger partial charge in [0, 0.05) is 26.3 Å². The third kappa shape index (κ3) is 6.20. The minimum Gasteiger partial charge on any atom is -0.365 e. The second-order valence-corrected chi connectivity index (χ2v) is 10.1. The zero-order valence-corrected chi connectivity index (χ0v) is 22.1. The van der Waals surface area contributed by atoms with E-state index in [2.05, 4.69) is 35.2 Å². The van der Waals surface area contributed by atoms with Crippen LogP contribution in [0.1, 0.15) is 30.0 Å². The number of likely N-dealkylation sites (N-methyl/N-ethyl adjacent to an activating group) is 2. The van der Waals surface area contributed by atoms with Crippen molar-refractivity contribution in [2.75, 3.05) is 45.2 Å². The van der Waals surface area contributed by atoms with Gasteiger partial charge in [0.2, 0.25) is 5.91 Å². The Kier molecular flexibility index (Phi) is 8.53. The molecule has 4 rings (SSSR count). The number of nitriles is 1. The topological polar surface area (TPSA) is 50.6 Å². The van der Waals surface area contributed by atoms with Crippen molar-refractivity contribution in [3.8, 4) is 17.2 Å². The summed E-state index contributed by atoms with van der Waals surface area (Å²) in [4.78, 5) is 19.6. The van der Waals surface area contributed by atoms with Gasteiger partial charge in [-0.15, -0.1) is 0 Å². The molecule has 1 aliphatic heterocycles. The lowest BCUT2D eigenvalue weighted by Gasteiger charge is -2.33. The summed E-state index contributed by atoms with van der Waals surface area (Å²) in [6.45, 7) is 3.15. The number of nitrogens with zero attached hydrogens (tertiary/aromatic N) is 4. The fraction of sp³-hybridized carbons (Fsp3) is 0.310. The van der Waals surface area contributed by atoms with Crippen LogP contribution in [0.25, 0.3) is 11.1 Å². The van der Waals surface area contributed by atoms with E-state index in [1.807, 2.05) is 54.2 Å². The SMILES string of the molecule is CN(CC(=O)N(C)C(CN1CCCC1)c1ccc(-c2ccc(C#N)cc2)cc1)c1ccc(Cl)c(Cl)c1. The average molecular weight is 521 g/mol. The lowest BCUT2D eigenvalue weighted by molar-refractivity contribution is -0.131. The number of benzene rings is 3. The summed E-state index contributed by atoms with van der Waals surface area (Å²) < 4.78 is 0. The van der Waals surface area contributed by atoms with Gasteiger partial charge in [0.05, 0.1) is 34.3 Å². The van der Waals surface area contributed by atoms with Gasteiger partial charge in [0.15, 0.2) is 0 Å². The molecule has 0 aliphatic carbocycles. The number of likely N-dealkylation sites (tertiary alicyclic amines) is 1. The van der Waals surface area contributed by atoms with Crippen molar-refractivity contribution in [1.29, 1.82) is 5.26 Å². The Hall–Kier alpha value is -3.04. The number of carbonyl (C=O) groups is 1. The van der Waals surface area contributed by atoms with Gasteiger partial charge >= 0.3 is 0 Å². The predicted molar refractivity (Wildman–Crippen MR) is 148 cm³/mol. The molecule has 3 aromatic rings. The first kappa shape index (κ1) is 26.0. The van der Waals surface area contributed by atoms with Crippen molar-refractivity contribution in [3.63, 3.8) is 0 Å². The van der Waals surface area contributed by atoms with Gasteiger partial charge < -0.3 is 14.7 Å². The van der Waals surface area contributed by atoms with Crippen LogP contribution in [0.5, 0.6) is 0 Å². The Morgan fingerprint density at radius 2 is 1.56 bits per heavy atom. The first-order chi connectivity index (χ1) is 17.4. The van der Waals surface area contributed by atoms with Crippen LogP contribution in [0.3, 0.4) is 0 Å². The standard InChI is InChI=1S/C29H30Cl2N4O/c1-33(25-13-14-26(30)27(31)17-25)20-29(36)34(2)28(19-35-15-3-4-16-35)24-11-9-23(10-12-24)22-7-5-21(18-32)6-8-22/h5-14,17,28H,3-4,15-16,19-20H2,1-2H3. The largest absolute Gasteiger partial charge is 0.365 e. The van der Waals surface area contributed by atoms with Gasteiger partial charge in [-0.2, -0.15) is 5.26 Å². The quantitative estimate of drug-likeness (QED) is 0.351. The predicted octanol–water partition coefficient (Wildman–Crippen LogP) is 6.26. The summed E-state index contributed by atoms with van der Waals surface area (Å²) in [5.74, 6) is 0.0314. The molecule has 186 valence electrons. The first-order valence-electron chi connectivity index (χ1n) is 12.1. The number of hydrogen-bond acceptors (Lipinski definition) is 4. The van der Waals surface area contributed by atoms with Gasteiger partial charge in [-0.05, 0) is 73.0 Å². The van der Waals surface area contributed by atoms with Crippen molar-refractivity contribution in [3.05, 3.63) is 87.9 Å². The van der Waals surface area contributed by atoms with Crippen molar-refractivity contribution < 1.29 is 4.79 Å². The highest BCUT2D eigenvalue weighted by atomic mass is 35.5. The van der Waals surface area contributed by atoms with Gasteiger partial charge in [0.25, 0.3) is 0 Å². The molecule has 0 spiro atoms. The molecule has 1 aliphatic rings. The maximum Gasteiger partial charge on any atom is 0.242 e. The molecule has 0 saturated carbocycles. The van der Waals surface area contributed by atoms with Crippen LogP contribution >= 0.6 is 23.2 Å². The van der Waals surface area contributed by atoms with Crippen LogP contribution in [-0.2, 0) is 4.79 Å². The molecular formula is C29H30Cl2N4O. The zero-order chi connectivity index (χ0) is 25.7. The van der Waals surface area contributed by atoms with Gasteiger partial charge in [-0.1, -0.05) is 59.6 Å². The summed E-state index contributed by atoms with van der Waals surface area (Å²) >= 11 is 12.2. The van der Waals surface area contributed by atoms with E-state index < -0.39 is 0 Å². The summed E-state index contributed by atoms with van der Waals surface area (Å²) in [6.07, 6.45) is 2.39. The molecule has 3 aromatic carbocycles. The molecule has 0 aromatic heterocycles. The molecule has 0 bridgehead atoms. The van der Waals surface area contributed by atoms with E-state index in [4.69, 9.17) is 28.5 Å². The van der Waals surface area contributed by atoms with E-state index in [0.29, 0.717) is 15.6 Å². The van der Waals surface area contributed by atoms with Crippen molar-refractivity contribution >= 4 is 34.8 Å². The van der Waals surface area contributed by atoms with E-state index >= 15 is 0 Å². The lowest BCUT2D eigenvalue weighted by Crippen LogP contribution is -2.42. The molecule has 1 atom stereocenters. The number of anilines is 1. The van der Waals surface area contributed by atoms with Crippen LogP contribution in [0.4, 0.5) is 5.69 Å². The first-order valence-corrected chi connectivity index (χ1v) is 12.9. The molecule has 1 saturated heterocycles. The number of amides is 1. The minimum absolute atomic E-state index is 0.0314. The highest BCUT2D eigenvalue weighted by Crippen LogP contribution is 2.29. The fourth-order valence-corrected chi connectivity index (χ4v) is 4.89. The second kappa shape index (κ2) is 11.8. The highest BCUT2D eigenvalue weighted by Gasteiger charge is 2.26. The van der Waals surface area contributed by atoms with E-state index in [0.717, 1.165) is 42.0 Å². The number of carbonyl (C=O) groups excluding carboxylic acids is 1. The molecule has 1 fully saturated rings.